The highest BCUT2D eigenvalue weighted by Crippen LogP contribution is 2.47. The largest absolute Gasteiger partial charge is 0.493 e. The van der Waals surface area contributed by atoms with Gasteiger partial charge in [-0.15, -0.1) is 11.3 Å². The molecule has 460 valence electrons. The molecule has 8 aromatic rings. The van der Waals surface area contributed by atoms with E-state index in [-0.39, 0.29) is 88.6 Å². The number of thiazole rings is 1. The van der Waals surface area contributed by atoms with Gasteiger partial charge in [-0.25, -0.2) is 38.7 Å². The Kier molecular flexibility index (Phi) is 16.4. The lowest BCUT2D eigenvalue weighted by Gasteiger charge is -2.25. The van der Waals surface area contributed by atoms with Gasteiger partial charge in [0.15, 0.2) is 27.9 Å². The summed E-state index contributed by atoms with van der Waals surface area (Å²) in [6.07, 6.45) is 9.07. The fraction of sp³-hybridized carbons (Fsp3) is 0.435. The number of carbonyl (C=O) groups is 3. The number of nitrogens with zero attached hydrogens (tertiary/aromatic N) is 12. The highest BCUT2D eigenvalue weighted by atomic mass is 32.1. The Hall–Kier alpha value is -8.29. The number of carbonyl (C=O) groups excluding carboxylic acids is 3. The molecule has 6 aromatic heterocycles. The summed E-state index contributed by atoms with van der Waals surface area (Å²) in [5, 5.41) is 1.91. The van der Waals surface area contributed by atoms with Crippen molar-refractivity contribution in [2.24, 2.45) is 17.8 Å². The van der Waals surface area contributed by atoms with Crippen molar-refractivity contribution in [2.45, 2.75) is 146 Å². The van der Waals surface area contributed by atoms with Crippen LogP contribution in [0.5, 0.6) is 5.75 Å². The van der Waals surface area contributed by atoms with Gasteiger partial charge in [-0.05, 0) is 139 Å². The number of rotatable bonds is 11. The number of hydrogen-bond donors (Lipinski definition) is 0. The lowest BCUT2D eigenvalue weighted by Crippen LogP contribution is -2.37. The highest BCUT2D eigenvalue weighted by Gasteiger charge is 2.52. The minimum Gasteiger partial charge on any atom is -0.493 e. The number of benzene rings is 2. The molecule has 9 atom stereocenters. The minimum absolute atomic E-state index is 0.0121. The summed E-state index contributed by atoms with van der Waals surface area (Å²) in [4.78, 5) is 79.0. The van der Waals surface area contributed by atoms with Gasteiger partial charge in [0.05, 0.1) is 59.5 Å². The van der Waals surface area contributed by atoms with Crippen LogP contribution >= 0.6 is 11.3 Å². The SMILES string of the molecule is COc1c(F)cccc1C(=O)N1C2CCC1C(Cc1nc(C)cc(C)n1)C2.Cc1nc2sccn2c1C(=O)N1C2CCC1C(Cc1cnc(C(F)(F)F)cn1)C2.O=C(c1cccc(F)c1-c1ncco1)N1C2CCC1C(Cc1cnc(C(F)(F)F)cn1)C2. The number of para-hydroxylation sites is 1. The average Bonchev–Trinajstić information content (AvgIpc) is 1.87. The smallest absolute Gasteiger partial charge is 0.434 e. The monoisotopic (exact) mass is 1240 g/mol. The van der Waals surface area contributed by atoms with Crippen molar-refractivity contribution in [1.29, 1.82) is 0 Å². The van der Waals surface area contributed by atoms with Crippen LogP contribution < -0.4 is 4.74 Å². The number of oxazole rings is 1. The average molecular weight is 1240 g/mol. The van der Waals surface area contributed by atoms with Gasteiger partial charge in [-0.3, -0.25) is 28.8 Å². The van der Waals surface area contributed by atoms with E-state index < -0.39 is 35.4 Å². The molecule has 26 heteroatoms. The number of halogens is 8. The second-order valence-corrected chi connectivity index (χ2v) is 24.3. The Morgan fingerprint density at radius 2 is 1.14 bits per heavy atom. The number of methoxy groups -OCH3 is 1. The number of alkyl halides is 6. The number of imidazole rings is 1. The van der Waals surface area contributed by atoms with Crippen molar-refractivity contribution in [2.75, 3.05) is 7.11 Å². The van der Waals surface area contributed by atoms with E-state index in [4.69, 9.17) is 9.15 Å². The second kappa shape index (κ2) is 24.0. The molecule has 2 aromatic carbocycles. The first-order valence-corrected chi connectivity index (χ1v) is 30.0. The summed E-state index contributed by atoms with van der Waals surface area (Å²) < 4.78 is 117. The molecule has 12 heterocycles. The standard InChI is InChI=1S/C22H18F4N4O2.C21H24FN3O2.C19H18F3N5OS/c23-16-3-1-2-15(19(16)20-27-6-7-32-20)21(31)30-14-4-5-17(30)12(9-14)8-13-10-29-18(11-28-13)22(24,25)26;1-12-9-13(2)24-19(23-12)11-14-10-15-7-8-18(14)25(15)21(26)16-5-4-6-17(22)20(16)27-3;1-10-16(26-4-5-29-18(26)25-10)17(28)27-13-2-3-14(27)11(7-13)6-12-8-24-15(9-23-12)19(20,21)22/h1-3,6-7,10-12,14,17H,4-5,8-9H2;4-6,9,14-15,18H,7-8,10-11H2,1-3H3;4-5,8-9,11,13-14H,2-3,6-7H2,1H3. The molecule has 6 fully saturated rings. The maximum atomic E-state index is 14.6. The van der Waals surface area contributed by atoms with Gasteiger partial charge in [-0.2, -0.15) is 26.3 Å². The van der Waals surface area contributed by atoms with E-state index in [1.54, 1.807) is 23.1 Å². The molecular weight excluding hydrogens is 1180 g/mol. The van der Waals surface area contributed by atoms with Crippen LogP contribution in [0.1, 0.15) is 135 Å². The first-order chi connectivity index (χ1) is 42.1. The van der Waals surface area contributed by atoms with E-state index in [9.17, 15) is 49.5 Å². The van der Waals surface area contributed by atoms with Gasteiger partial charge in [0.1, 0.15) is 23.6 Å². The van der Waals surface area contributed by atoms with Crippen molar-refractivity contribution in [1.82, 2.24) is 59.0 Å². The van der Waals surface area contributed by atoms with Gasteiger partial charge in [0, 0.05) is 78.0 Å². The number of fused-ring (bicyclic) bond motifs is 7. The third kappa shape index (κ3) is 11.7. The first kappa shape index (κ1) is 60.0. The van der Waals surface area contributed by atoms with Crippen LogP contribution in [-0.4, -0.2) is 120 Å². The van der Waals surface area contributed by atoms with Crippen molar-refractivity contribution in [3.05, 3.63) is 165 Å². The van der Waals surface area contributed by atoms with E-state index >= 15 is 0 Å². The number of hydrogen-bond acceptors (Lipinski definition) is 14. The van der Waals surface area contributed by atoms with Crippen LogP contribution in [0.4, 0.5) is 35.1 Å². The predicted octanol–water partition coefficient (Wildman–Crippen LogP) is 11.8. The molecule has 0 saturated carbocycles. The van der Waals surface area contributed by atoms with Crippen LogP contribution in [0.15, 0.2) is 95.7 Å². The Labute approximate surface area is 503 Å². The molecule has 88 heavy (non-hydrogen) atoms. The van der Waals surface area contributed by atoms with Crippen molar-refractivity contribution in [3.63, 3.8) is 0 Å². The van der Waals surface area contributed by atoms with Crippen LogP contribution in [0.2, 0.25) is 0 Å². The normalized spacial score (nSPS) is 23.4. The summed E-state index contributed by atoms with van der Waals surface area (Å²) in [6, 6.07) is 11.2. The van der Waals surface area contributed by atoms with Crippen LogP contribution in [0.3, 0.4) is 0 Å². The molecule has 6 aliphatic rings. The Balaban J connectivity index is 0.000000129. The first-order valence-electron chi connectivity index (χ1n) is 29.1. The quantitative estimate of drug-likeness (QED) is 0.111. The zero-order valence-electron chi connectivity index (χ0n) is 48.2. The number of aromatic nitrogens is 9. The van der Waals surface area contributed by atoms with E-state index in [0.717, 1.165) is 104 Å². The molecule has 0 aliphatic carbocycles. The summed E-state index contributed by atoms with van der Waals surface area (Å²) in [5.74, 6) is -0.0727. The molecule has 6 aliphatic heterocycles. The minimum atomic E-state index is -4.54. The molecule has 14 rings (SSSR count). The van der Waals surface area contributed by atoms with Crippen LogP contribution in [0, 0.1) is 50.2 Å². The third-order valence-electron chi connectivity index (χ3n) is 18.0. The zero-order valence-corrected chi connectivity index (χ0v) is 49.0. The Bertz CT molecular complexity index is 3860. The molecule has 0 spiro atoms. The summed E-state index contributed by atoms with van der Waals surface area (Å²) in [6.45, 7) is 5.80. The third-order valence-corrected chi connectivity index (χ3v) is 18.8. The highest BCUT2D eigenvalue weighted by molar-refractivity contribution is 7.15. The van der Waals surface area contributed by atoms with Gasteiger partial charge in [0.2, 0.25) is 5.89 Å². The van der Waals surface area contributed by atoms with Crippen LogP contribution in [0.25, 0.3) is 16.4 Å². The fourth-order valence-corrected chi connectivity index (χ4v) is 15.3. The lowest BCUT2D eigenvalue weighted by molar-refractivity contribution is -0.142. The van der Waals surface area contributed by atoms with Gasteiger partial charge < -0.3 is 23.9 Å². The molecule has 0 radical (unpaired) electrons. The summed E-state index contributed by atoms with van der Waals surface area (Å²) in [5.41, 5.74) is 2.75. The zero-order chi connectivity index (χ0) is 61.9. The Morgan fingerprint density at radius 1 is 0.625 bits per heavy atom. The van der Waals surface area contributed by atoms with Crippen molar-refractivity contribution in [3.8, 4) is 17.2 Å². The van der Waals surface area contributed by atoms with Gasteiger partial charge >= 0.3 is 12.4 Å². The molecule has 3 amide bonds. The molecule has 6 bridgehead atoms. The predicted molar refractivity (Wildman–Crippen MR) is 303 cm³/mol. The van der Waals surface area contributed by atoms with Crippen molar-refractivity contribution >= 4 is 34.0 Å². The van der Waals surface area contributed by atoms with E-state index in [1.807, 2.05) is 52.6 Å². The maximum absolute atomic E-state index is 14.6. The molecule has 6 saturated heterocycles. The maximum Gasteiger partial charge on any atom is 0.434 e. The van der Waals surface area contributed by atoms with E-state index in [2.05, 4.69) is 39.9 Å². The van der Waals surface area contributed by atoms with Gasteiger partial charge in [0.25, 0.3) is 17.7 Å². The number of ether oxygens (including phenoxy) is 1. The topological polar surface area (TPSA) is 191 Å². The lowest BCUT2D eigenvalue weighted by atomic mass is 9.86. The molecule has 0 N–H and O–H groups in total. The Morgan fingerprint density at radius 3 is 1.64 bits per heavy atom. The molecule has 17 nitrogen and oxygen atoms in total. The van der Waals surface area contributed by atoms with Crippen LogP contribution in [-0.2, 0) is 31.6 Å². The summed E-state index contributed by atoms with van der Waals surface area (Å²) in [7, 11) is 1.40. The molecule has 9 unspecified atom stereocenters. The van der Waals surface area contributed by atoms with Crippen molar-refractivity contribution < 1.29 is 58.7 Å². The molecular formula is C62H60F8N12O5S. The van der Waals surface area contributed by atoms with E-state index in [0.29, 0.717) is 47.8 Å². The van der Waals surface area contributed by atoms with Gasteiger partial charge in [-0.1, -0.05) is 12.1 Å². The van der Waals surface area contributed by atoms with E-state index in [1.165, 1.54) is 55.3 Å². The number of amides is 3. The number of aryl methyl sites for hydroxylation is 3. The fourth-order valence-electron chi connectivity index (χ4n) is 14.5. The second-order valence-electron chi connectivity index (χ2n) is 23.4. The summed E-state index contributed by atoms with van der Waals surface area (Å²) >= 11 is 1.49.